The summed E-state index contributed by atoms with van der Waals surface area (Å²) < 4.78 is 1.00. The van der Waals surface area contributed by atoms with E-state index in [0.717, 1.165) is 23.1 Å². The van der Waals surface area contributed by atoms with Gasteiger partial charge in [0.1, 0.15) is 0 Å². The van der Waals surface area contributed by atoms with Crippen LogP contribution < -0.4 is 5.32 Å². The van der Waals surface area contributed by atoms with Crippen molar-refractivity contribution in [3.63, 3.8) is 0 Å². The molecule has 2 nitrogen and oxygen atoms in total. The van der Waals surface area contributed by atoms with Crippen molar-refractivity contribution in [2.45, 2.75) is 18.1 Å². The first-order valence-electron chi connectivity index (χ1n) is 3.80. The smallest absolute Gasteiger partial charge is 0.233 e. The molecule has 1 unspecified atom stereocenters. The summed E-state index contributed by atoms with van der Waals surface area (Å²) in [6.07, 6.45) is 2.27. The highest BCUT2D eigenvalue weighted by Gasteiger charge is 2.22. The van der Waals surface area contributed by atoms with Crippen LogP contribution in [0.3, 0.4) is 0 Å². The average molecular weight is 285 g/mol. The molecule has 1 atom stereocenters. The Kier molecular flexibility index (Phi) is 4.59. The molecule has 11 heavy (non-hydrogen) atoms. The second kappa shape index (κ2) is 5.24. The first-order chi connectivity index (χ1) is 5.34. The molecular weight excluding hydrogens is 273 g/mol. The fourth-order valence-corrected chi connectivity index (χ4v) is 2.52. The summed E-state index contributed by atoms with van der Waals surface area (Å²) >= 11 is 4.05. The van der Waals surface area contributed by atoms with Gasteiger partial charge in [0.2, 0.25) is 5.91 Å². The van der Waals surface area contributed by atoms with E-state index in [9.17, 15) is 4.79 Å². The molecule has 1 N–H and O–H groups in total. The van der Waals surface area contributed by atoms with Crippen molar-refractivity contribution < 1.29 is 4.79 Å². The third-order valence-corrected chi connectivity index (χ3v) is 3.53. The van der Waals surface area contributed by atoms with Crippen LogP contribution in [0.25, 0.3) is 0 Å². The van der Waals surface area contributed by atoms with Crippen LogP contribution in [0.15, 0.2) is 0 Å². The lowest BCUT2D eigenvalue weighted by molar-refractivity contribution is -0.120. The molecule has 64 valence electrons. The number of halogens is 1. The SMILES string of the molecule is O=C(NCCI)C1CCCS1. The molecule has 0 radical (unpaired) electrons. The summed E-state index contributed by atoms with van der Waals surface area (Å²) in [7, 11) is 0. The van der Waals surface area contributed by atoms with Crippen LogP contribution in [0.1, 0.15) is 12.8 Å². The normalized spacial score (nSPS) is 23.5. The predicted molar refractivity (Wildman–Crippen MR) is 57.4 cm³/mol. The van der Waals surface area contributed by atoms with E-state index >= 15 is 0 Å². The van der Waals surface area contributed by atoms with Crippen LogP contribution in [-0.2, 0) is 4.79 Å². The van der Waals surface area contributed by atoms with Crippen LogP contribution in [-0.4, -0.2) is 27.9 Å². The fourth-order valence-electron chi connectivity index (χ4n) is 1.07. The number of carbonyl (C=O) groups is 1. The number of carbonyl (C=O) groups excluding carboxylic acids is 1. The molecule has 1 aliphatic rings. The molecule has 1 rings (SSSR count). The van der Waals surface area contributed by atoms with Crippen molar-refractivity contribution in [3.05, 3.63) is 0 Å². The van der Waals surface area contributed by atoms with Crippen LogP contribution in [0.2, 0.25) is 0 Å². The van der Waals surface area contributed by atoms with Gasteiger partial charge in [-0.3, -0.25) is 4.79 Å². The summed E-state index contributed by atoms with van der Waals surface area (Å²) in [4.78, 5) is 11.3. The van der Waals surface area contributed by atoms with Crippen LogP contribution in [0.4, 0.5) is 0 Å². The topological polar surface area (TPSA) is 29.1 Å². The van der Waals surface area contributed by atoms with Gasteiger partial charge in [-0.05, 0) is 18.6 Å². The molecule has 0 bridgehead atoms. The Balaban J connectivity index is 2.17. The molecule has 1 amide bonds. The second-order valence-corrected chi connectivity index (χ2v) is 4.87. The van der Waals surface area contributed by atoms with Crippen molar-refractivity contribution >= 4 is 40.3 Å². The molecule has 0 aromatic heterocycles. The Bertz CT molecular complexity index is 136. The van der Waals surface area contributed by atoms with Crippen molar-refractivity contribution in [1.29, 1.82) is 0 Å². The quantitative estimate of drug-likeness (QED) is 0.628. The Hall–Kier alpha value is 0.550. The minimum absolute atomic E-state index is 0.240. The van der Waals surface area contributed by atoms with Crippen molar-refractivity contribution in [2.75, 3.05) is 16.7 Å². The van der Waals surface area contributed by atoms with E-state index in [1.807, 2.05) is 0 Å². The number of rotatable bonds is 3. The van der Waals surface area contributed by atoms with E-state index < -0.39 is 0 Å². The molecule has 1 aliphatic heterocycles. The van der Waals surface area contributed by atoms with E-state index in [0.29, 0.717) is 0 Å². The molecule has 0 aromatic carbocycles. The molecule has 1 saturated heterocycles. The van der Waals surface area contributed by atoms with Gasteiger partial charge >= 0.3 is 0 Å². The molecule has 0 aromatic rings. The Morgan fingerprint density at radius 3 is 3.09 bits per heavy atom. The maximum atomic E-state index is 11.3. The molecule has 4 heteroatoms. The first-order valence-corrected chi connectivity index (χ1v) is 6.37. The summed E-state index contributed by atoms with van der Waals surface area (Å²) in [6.45, 7) is 0.816. The summed E-state index contributed by atoms with van der Waals surface area (Å²) in [5.41, 5.74) is 0. The first kappa shape index (κ1) is 9.64. The predicted octanol–water partition coefficient (Wildman–Crippen LogP) is 1.43. The highest BCUT2D eigenvalue weighted by Crippen LogP contribution is 2.25. The zero-order chi connectivity index (χ0) is 8.10. The molecule has 1 heterocycles. The van der Waals surface area contributed by atoms with Crippen LogP contribution in [0, 0.1) is 0 Å². The molecule has 0 spiro atoms. The largest absolute Gasteiger partial charge is 0.354 e. The summed E-state index contributed by atoms with van der Waals surface area (Å²) in [6, 6.07) is 0. The third-order valence-electron chi connectivity index (χ3n) is 1.62. The van der Waals surface area contributed by atoms with Gasteiger partial charge in [0.05, 0.1) is 5.25 Å². The lowest BCUT2D eigenvalue weighted by Gasteiger charge is -2.07. The van der Waals surface area contributed by atoms with Gasteiger partial charge in [-0.25, -0.2) is 0 Å². The molecular formula is C7H12INOS. The van der Waals surface area contributed by atoms with Crippen LogP contribution in [0.5, 0.6) is 0 Å². The van der Waals surface area contributed by atoms with Crippen molar-refractivity contribution in [3.8, 4) is 0 Å². The number of alkyl halides is 1. The standard InChI is InChI=1S/C7H12INOS/c8-3-4-9-7(10)6-2-1-5-11-6/h6H,1-5H2,(H,9,10). The third kappa shape index (κ3) is 3.19. The van der Waals surface area contributed by atoms with Gasteiger partial charge in [-0.1, -0.05) is 22.6 Å². The number of hydrogen-bond donors (Lipinski definition) is 1. The zero-order valence-electron chi connectivity index (χ0n) is 6.31. The number of hydrogen-bond acceptors (Lipinski definition) is 2. The lowest BCUT2D eigenvalue weighted by atomic mass is 10.2. The van der Waals surface area contributed by atoms with E-state index in [-0.39, 0.29) is 11.2 Å². The maximum absolute atomic E-state index is 11.3. The zero-order valence-corrected chi connectivity index (χ0v) is 9.28. The van der Waals surface area contributed by atoms with Gasteiger partial charge in [-0.15, -0.1) is 11.8 Å². The Morgan fingerprint density at radius 1 is 1.73 bits per heavy atom. The lowest BCUT2D eigenvalue weighted by Crippen LogP contribution is -2.32. The van der Waals surface area contributed by atoms with Gasteiger partial charge in [0.15, 0.2) is 0 Å². The Morgan fingerprint density at radius 2 is 2.55 bits per heavy atom. The van der Waals surface area contributed by atoms with Gasteiger partial charge in [0, 0.05) is 11.0 Å². The van der Waals surface area contributed by atoms with Gasteiger partial charge in [0.25, 0.3) is 0 Å². The maximum Gasteiger partial charge on any atom is 0.233 e. The summed E-state index contributed by atoms with van der Waals surface area (Å²) in [5, 5.41) is 3.16. The minimum Gasteiger partial charge on any atom is -0.354 e. The highest BCUT2D eigenvalue weighted by molar-refractivity contribution is 14.1. The average Bonchev–Trinajstić information content (AvgIpc) is 2.52. The van der Waals surface area contributed by atoms with Gasteiger partial charge in [-0.2, -0.15) is 0 Å². The monoisotopic (exact) mass is 285 g/mol. The van der Waals surface area contributed by atoms with E-state index in [1.54, 1.807) is 11.8 Å². The Labute approximate surface area is 85.0 Å². The number of thioether (sulfide) groups is 1. The van der Waals surface area contributed by atoms with Crippen molar-refractivity contribution in [2.24, 2.45) is 0 Å². The van der Waals surface area contributed by atoms with E-state index in [4.69, 9.17) is 0 Å². The molecule has 1 fully saturated rings. The summed E-state index contributed by atoms with van der Waals surface area (Å²) in [5.74, 6) is 1.40. The van der Waals surface area contributed by atoms with E-state index in [2.05, 4.69) is 27.9 Å². The fraction of sp³-hybridized carbons (Fsp3) is 0.857. The minimum atomic E-state index is 0.240. The number of amides is 1. The van der Waals surface area contributed by atoms with Crippen molar-refractivity contribution in [1.82, 2.24) is 5.32 Å². The second-order valence-electron chi connectivity index (χ2n) is 2.48. The van der Waals surface area contributed by atoms with E-state index in [1.165, 1.54) is 6.42 Å². The van der Waals surface area contributed by atoms with Gasteiger partial charge < -0.3 is 5.32 Å². The van der Waals surface area contributed by atoms with Crippen LogP contribution >= 0.6 is 34.4 Å². The number of nitrogens with one attached hydrogen (secondary N) is 1. The highest BCUT2D eigenvalue weighted by atomic mass is 127. The molecule has 0 aliphatic carbocycles. The molecule has 0 saturated carbocycles.